The van der Waals surface area contributed by atoms with E-state index in [0.717, 1.165) is 94.7 Å². The smallest absolute Gasteiger partial charge is 0.0620 e. The molecule has 16 saturated carbocycles. The first-order chi connectivity index (χ1) is 48.9. The van der Waals surface area contributed by atoms with Gasteiger partial charge in [-0.25, -0.2) is 0 Å². The fourth-order valence-corrected chi connectivity index (χ4v) is 27.7. The first kappa shape index (κ1) is 65.4. The molecule has 530 valence electrons. The van der Waals surface area contributed by atoms with Crippen LogP contribution in [0.15, 0.2) is 146 Å². The van der Waals surface area contributed by atoms with E-state index in [9.17, 15) is 0 Å². The average molecular weight is 1350 g/mol. The number of rotatable bonds is 11. The van der Waals surface area contributed by atoms with E-state index in [2.05, 4.69) is 238 Å². The second kappa shape index (κ2) is 23.7. The maximum absolute atomic E-state index is 2.94. The third-order valence-electron chi connectivity index (χ3n) is 31.2. The van der Waals surface area contributed by atoms with Gasteiger partial charge in [-0.05, 0) is 379 Å². The van der Waals surface area contributed by atoms with Crippen molar-refractivity contribution in [1.29, 1.82) is 0 Å². The van der Waals surface area contributed by atoms with Gasteiger partial charge in [0.05, 0.1) is 11.4 Å². The monoisotopic (exact) mass is 1350 g/mol. The maximum atomic E-state index is 2.94. The van der Waals surface area contributed by atoms with Crippen LogP contribution in [0, 0.1) is 94.7 Å². The molecule has 0 atom stereocenters. The van der Waals surface area contributed by atoms with E-state index < -0.39 is 0 Å². The topological polar surface area (TPSA) is 6.48 Å². The minimum Gasteiger partial charge on any atom is -0.309 e. The highest BCUT2D eigenvalue weighted by molar-refractivity contribution is 6.24. The van der Waals surface area contributed by atoms with E-state index in [1.807, 2.05) is 0 Å². The molecule has 8 aromatic carbocycles. The third kappa shape index (κ3) is 11.1. The highest BCUT2D eigenvalue weighted by atomic mass is 15.2. The van der Waals surface area contributed by atoms with Crippen molar-refractivity contribution in [2.24, 2.45) is 94.7 Å². The molecule has 0 saturated heterocycles. The fraction of sp³-hybridized carbons (Fsp3) is 0.560. The Morgan fingerprint density at radius 1 is 0.225 bits per heavy atom. The van der Waals surface area contributed by atoms with E-state index in [1.165, 1.54) is 217 Å². The van der Waals surface area contributed by atoms with Crippen molar-refractivity contribution < 1.29 is 0 Å². The second-order valence-electron chi connectivity index (χ2n) is 42.1. The van der Waals surface area contributed by atoms with Crippen molar-refractivity contribution in [1.82, 2.24) is 0 Å². The summed E-state index contributed by atoms with van der Waals surface area (Å²) in [7, 11) is 0. The summed E-state index contributed by atoms with van der Waals surface area (Å²) in [6, 6.07) is 62.4. The number of fused-ring (bicyclic) bond motifs is 2. The average Bonchev–Trinajstić information content (AvgIpc) is 0.715. The Balaban J connectivity index is 0.897. The Labute approximate surface area is 614 Å². The van der Waals surface area contributed by atoms with Crippen LogP contribution >= 0.6 is 0 Å². The van der Waals surface area contributed by atoms with E-state index in [1.54, 1.807) is 22.3 Å². The van der Waals surface area contributed by atoms with E-state index in [0.29, 0.717) is 23.7 Å². The molecule has 8 aromatic rings. The summed E-state index contributed by atoms with van der Waals surface area (Å²) in [6.07, 6.45) is 28.9. The largest absolute Gasteiger partial charge is 0.309 e. The highest BCUT2D eigenvalue weighted by Gasteiger charge is 2.54. The zero-order valence-corrected chi connectivity index (χ0v) is 64.4. The van der Waals surface area contributed by atoms with Crippen LogP contribution in [0.25, 0.3) is 32.7 Å². The molecule has 0 N–H and O–H groups in total. The summed E-state index contributed by atoms with van der Waals surface area (Å²) in [6.45, 7) is 29.6. The van der Waals surface area contributed by atoms with Gasteiger partial charge in [0.1, 0.15) is 0 Å². The Bertz CT molecular complexity index is 4300. The lowest BCUT2D eigenvalue weighted by atomic mass is 9.49. The van der Waals surface area contributed by atoms with Gasteiger partial charge in [0.25, 0.3) is 0 Å². The molecule has 16 aliphatic rings. The normalized spacial score (nSPS) is 33.9. The van der Waals surface area contributed by atoms with Crippen molar-refractivity contribution in [3.8, 4) is 11.1 Å². The quantitative estimate of drug-likeness (QED) is 0.0941. The predicted molar refractivity (Wildman–Crippen MR) is 430 cm³/mol. The summed E-state index contributed by atoms with van der Waals surface area (Å²) < 4.78 is 0. The maximum Gasteiger partial charge on any atom is 0.0620 e. The molecule has 16 aliphatic carbocycles. The number of hydrogen-bond donors (Lipinski definition) is 0. The van der Waals surface area contributed by atoms with E-state index in [-0.39, 0.29) is 21.7 Å². The standard InChI is InChI=1S/C100H120N2/c1-97(2,3)79-51-80(98(4,5)6)54-85(53-79)101(83-46-75(91-67-28-57-24-58(30-67)31-68(91)29-57)44-76(47-83)92-69-32-59-25-60(34-69)35-70(92)33-59)95-87-20-16-17-21-88(87)96(90-50-66(22-23-89(90)95)65-18-14-13-15-19-65)102(86-55-81(99(7,8)9)52-82(56-86)100(10,11)12)84-48-77(93-71-36-61-26-62(38-71)39-72(93)37-61)45-78(49-84)94-73-40-63-27-64(42-73)43-74(94)41-63/h13-23,44-64,67-74,91-94H,24-43H2,1-12H3. The van der Waals surface area contributed by atoms with Gasteiger partial charge < -0.3 is 9.80 Å². The highest BCUT2D eigenvalue weighted by Crippen LogP contribution is 2.67. The molecule has 24 rings (SSSR count). The number of anilines is 6. The van der Waals surface area contributed by atoms with E-state index >= 15 is 0 Å². The summed E-state index contributed by atoms with van der Waals surface area (Å²) in [5.41, 5.74) is 22.7. The predicted octanol–water partition coefficient (Wildman–Crippen LogP) is 27.9. The van der Waals surface area contributed by atoms with Gasteiger partial charge in [0, 0.05) is 44.3 Å². The second-order valence-corrected chi connectivity index (χ2v) is 42.1. The van der Waals surface area contributed by atoms with Crippen LogP contribution < -0.4 is 9.80 Å². The molecule has 0 heterocycles. The van der Waals surface area contributed by atoms with Gasteiger partial charge in [-0.3, -0.25) is 0 Å². The summed E-state index contributed by atoms with van der Waals surface area (Å²) in [5.74, 6) is 16.2. The van der Waals surface area contributed by atoms with Crippen LogP contribution in [0.4, 0.5) is 34.1 Å². The first-order valence-corrected chi connectivity index (χ1v) is 42.1. The van der Waals surface area contributed by atoms with Gasteiger partial charge in [-0.15, -0.1) is 0 Å². The van der Waals surface area contributed by atoms with Gasteiger partial charge in [-0.1, -0.05) is 174 Å². The molecular formula is C100H120N2. The van der Waals surface area contributed by atoms with Gasteiger partial charge in [-0.2, -0.15) is 0 Å². The molecule has 0 radical (unpaired) electrons. The van der Waals surface area contributed by atoms with Crippen LogP contribution in [0.3, 0.4) is 0 Å². The van der Waals surface area contributed by atoms with E-state index in [4.69, 9.17) is 0 Å². The number of nitrogens with zero attached hydrogens (tertiary/aromatic N) is 2. The zero-order chi connectivity index (χ0) is 69.4. The molecule has 0 aliphatic heterocycles. The first-order valence-electron chi connectivity index (χ1n) is 42.1. The zero-order valence-electron chi connectivity index (χ0n) is 64.4. The van der Waals surface area contributed by atoms with Crippen molar-refractivity contribution in [2.45, 2.75) is 257 Å². The van der Waals surface area contributed by atoms with Gasteiger partial charge >= 0.3 is 0 Å². The van der Waals surface area contributed by atoms with Crippen molar-refractivity contribution in [2.75, 3.05) is 9.80 Å². The van der Waals surface area contributed by atoms with Crippen LogP contribution in [0.2, 0.25) is 0 Å². The molecule has 2 heteroatoms. The Kier molecular flexibility index (Phi) is 15.2. The van der Waals surface area contributed by atoms with Crippen molar-refractivity contribution in [3.05, 3.63) is 190 Å². The molecule has 102 heavy (non-hydrogen) atoms. The Morgan fingerprint density at radius 2 is 0.480 bits per heavy atom. The minimum absolute atomic E-state index is 0.0806. The lowest BCUT2D eigenvalue weighted by Gasteiger charge is -2.56. The summed E-state index contributed by atoms with van der Waals surface area (Å²) >= 11 is 0. The van der Waals surface area contributed by atoms with Gasteiger partial charge in [0.2, 0.25) is 0 Å². The lowest BCUT2D eigenvalue weighted by molar-refractivity contribution is -0.00507. The minimum atomic E-state index is -0.0847. The van der Waals surface area contributed by atoms with Crippen LogP contribution in [0.5, 0.6) is 0 Å². The van der Waals surface area contributed by atoms with Crippen molar-refractivity contribution in [3.63, 3.8) is 0 Å². The van der Waals surface area contributed by atoms with Crippen molar-refractivity contribution >= 4 is 55.7 Å². The Hall–Kier alpha value is -6.12. The molecule has 0 unspecified atom stereocenters. The number of hydrogen-bond acceptors (Lipinski definition) is 2. The molecule has 0 amide bonds. The SMILES string of the molecule is CC(C)(C)c1cc(N(c2cc(C3C4CC5CC(C4)CC3C5)cc(C3C4CC5CC(C4)CC3C5)c2)c2c3ccccc3c(N(c3cc(C4C5CC6CC(C5)CC4C6)cc(C4C5CC6CC(C5)CC4C6)c3)c3cc(C(C)(C)C)cc(C(C)(C)C)c3)c3cc(-c4ccccc4)ccc23)cc(C(C)(C)C)c1. The van der Waals surface area contributed by atoms with Crippen LogP contribution in [-0.4, -0.2) is 0 Å². The molecule has 2 nitrogen and oxygen atoms in total. The van der Waals surface area contributed by atoms with Gasteiger partial charge in [0.15, 0.2) is 0 Å². The molecule has 0 spiro atoms. The lowest BCUT2D eigenvalue weighted by Crippen LogP contribution is -2.44. The summed E-state index contributed by atoms with van der Waals surface area (Å²) in [4.78, 5) is 5.87. The molecule has 16 fully saturated rings. The van der Waals surface area contributed by atoms with Crippen LogP contribution in [0.1, 0.15) is 280 Å². The molecule has 16 bridgehead atoms. The molecule has 0 aromatic heterocycles. The summed E-state index contributed by atoms with van der Waals surface area (Å²) in [5, 5.41) is 5.36. The fourth-order valence-electron chi connectivity index (χ4n) is 27.7. The Morgan fingerprint density at radius 3 is 0.765 bits per heavy atom. The third-order valence-corrected chi connectivity index (χ3v) is 31.2. The van der Waals surface area contributed by atoms with Crippen LogP contribution in [-0.2, 0) is 21.7 Å². The molecular weight excluding hydrogens is 1230 g/mol. The number of benzene rings is 8.